The maximum atomic E-state index is 11.3. The van der Waals surface area contributed by atoms with Crippen LogP contribution in [0.5, 0.6) is 0 Å². The van der Waals surface area contributed by atoms with Crippen molar-refractivity contribution in [3.8, 4) is 0 Å². The lowest BCUT2D eigenvalue weighted by molar-refractivity contribution is 0.565. The highest BCUT2D eigenvalue weighted by molar-refractivity contribution is 7.90. The third kappa shape index (κ3) is 6.05. The summed E-state index contributed by atoms with van der Waals surface area (Å²) in [5.74, 6) is 0. The number of rotatable bonds is 7. The van der Waals surface area contributed by atoms with Gasteiger partial charge in [-0.1, -0.05) is 26.2 Å². The van der Waals surface area contributed by atoms with Crippen LogP contribution in [0.25, 0.3) is 0 Å². The van der Waals surface area contributed by atoms with E-state index in [2.05, 4.69) is 11.6 Å². The summed E-state index contributed by atoms with van der Waals surface area (Å²) >= 11 is 0. The van der Waals surface area contributed by atoms with E-state index in [9.17, 15) is 8.42 Å². The van der Waals surface area contributed by atoms with E-state index in [1.54, 1.807) is 13.8 Å². The molecule has 0 aliphatic carbocycles. The van der Waals surface area contributed by atoms with Crippen LogP contribution in [0.15, 0.2) is 0 Å². The van der Waals surface area contributed by atoms with E-state index in [1.165, 1.54) is 12.8 Å². The third-order valence-corrected chi connectivity index (χ3v) is 3.80. The summed E-state index contributed by atoms with van der Waals surface area (Å²) in [4.78, 5) is 0. The van der Waals surface area contributed by atoms with Gasteiger partial charge in [-0.05, 0) is 20.3 Å². The van der Waals surface area contributed by atoms with Crippen molar-refractivity contribution in [1.82, 2.24) is 4.72 Å². The van der Waals surface area contributed by atoms with Crippen molar-refractivity contribution in [3.63, 3.8) is 0 Å². The topological polar surface area (TPSA) is 46.2 Å². The van der Waals surface area contributed by atoms with Gasteiger partial charge in [0.05, 0.1) is 5.25 Å². The van der Waals surface area contributed by atoms with Crippen LogP contribution in [0.3, 0.4) is 0 Å². The Morgan fingerprint density at radius 2 is 1.77 bits per heavy atom. The number of sulfonamides is 1. The lowest BCUT2D eigenvalue weighted by Gasteiger charge is -2.08. The molecule has 3 nitrogen and oxygen atoms in total. The van der Waals surface area contributed by atoms with Gasteiger partial charge in [0, 0.05) is 6.54 Å². The molecule has 0 aromatic carbocycles. The van der Waals surface area contributed by atoms with E-state index in [0.29, 0.717) is 6.54 Å². The highest BCUT2D eigenvalue weighted by Crippen LogP contribution is 2.00. The minimum Gasteiger partial charge on any atom is -0.215 e. The van der Waals surface area contributed by atoms with E-state index in [1.807, 2.05) is 0 Å². The van der Waals surface area contributed by atoms with Crippen LogP contribution in [0.4, 0.5) is 0 Å². The second kappa shape index (κ2) is 6.38. The van der Waals surface area contributed by atoms with E-state index in [4.69, 9.17) is 0 Å². The molecule has 0 spiro atoms. The smallest absolute Gasteiger partial charge is 0.213 e. The van der Waals surface area contributed by atoms with Crippen LogP contribution >= 0.6 is 0 Å². The Hall–Kier alpha value is -0.0900. The van der Waals surface area contributed by atoms with Gasteiger partial charge >= 0.3 is 0 Å². The fraction of sp³-hybridized carbons (Fsp3) is 1.00. The number of unbranched alkanes of at least 4 members (excludes halogenated alkanes) is 3. The minimum absolute atomic E-state index is 0.321. The molecule has 0 aliphatic rings. The van der Waals surface area contributed by atoms with Gasteiger partial charge in [0.25, 0.3) is 0 Å². The second-order valence-electron chi connectivity index (χ2n) is 3.55. The molecule has 0 aromatic rings. The van der Waals surface area contributed by atoms with Crippen LogP contribution in [0, 0.1) is 0 Å². The molecule has 0 radical (unpaired) electrons. The highest BCUT2D eigenvalue weighted by atomic mass is 32.2. The largest absolute Gasteiger partial charge is 0.215 e. The second-order valence-corrected chi connectivity index (χ2v) is 5.87. The Kier molecular flexibility index (Phi) is 6.33. The highest BCUT2D eigenvalue weighted by Gasteiger charge is 2.13. The van der Waals surface area contributed by atoms with Gasteiger partial charge in [0.1, 0.15) is 0 Å². The molecule has 0 saturated heterocycles. The van der Waals surface area contributed by atoms with Gasteiger partial charge in [0.2, 0.25) is 10.0 Å². The maximum absolute atomic E-state index is 11.3. The molecule has 0 unspecified atom stereocenters. The van der Waals surface area contributed by atoms with Crippen molar-refractivity contribution in [1.29, 1.82) is 0 Å². The first-order valence-electron chi connectivity index (χ1n) is 4.99. The van der Waals surface area contributed by atoms with Crippen molar-refractivity contribution >= 4 is 10.0 Å². The van der Waals surface area contributed by atoms with Crippen molar-refractivity contribution in [2.75, 3.05) is 6.54 Å². The molecule has 0 atom stereocenters. The lowest BCUT2D eigenvalue weighted by atomic mass is 10.2. The summed E-state index contributed by atoms with van der Waals surface area (Å²) in [6.07, 6.45) is 4.41. The summed E-state index contributed by atoms with van der Waals surface area (Å²) in [5, 5.41) is -0.321. The molecule has 0 amide bonds. The standard InChI is InChI=1S/C9H21NO2S/c1-4-5-6-7-8-10-13(11,12)9(2)3/h9-10H,4-8H2,1-3H3. The first-order chi connectivity index (χ1) is 6.00. The van der Waals surface area contributed by atoms with Gasteiger partial charge in [0.15, 0.2) is 0 Å². The van der Waals surface area contributed by atoms with Gasteiger partial charge in [-0.15, -0.1) is 0 Å². The predicted octanol–water partition coefficient (Wildman–Crippen LogP) is 1.89. The van der Waals surface area contributed by atoms with Crippen LogP contribution in [0.1, 0.15) is 46.5 Å². The zero-order chi connectivity index (χ0) is 10.3. The zero-order valence-electron chi connectivity index (χ0n) is 8.84. The molecule has 1 N–H and O–H groups in total. The van der Waals surface area contributed by atoms with E-state index >= 15 is 0 Å². The van der Waals surface area contributed by atoms with Crippen molar-refractivity contribution < 1.29 is 8.42 Å². The SMILES string of the molecule is CCCCCCNS(=O)(=O)C(C)C. The third-order valence-electron chi connectivity index (χ3n) is 1.95. The summed E-state index contributed by atoms with van der Waals surface area (Å²) in [6.45, 7) is 6.10. The molecule has 0 heterocycles. The quantitative estimate of drug-likeness (QED) is 0.648. The monoisotopic (exact) mass is 207 g/mol. The average molecular weight is 207 g/mol. The van der Waals surface area contributed by atoms with E-state index in [-0.39, 0.29) is 5.25 Å². The Bertz CT molecular complexity index is 210. The molecule has 0 aliphatic heterocycles. The number of hydrogen-bond donors (Lipinski definition) is 1. The molecule has 13 heavy (non-hydrogen) atoms. The fourth-order valence-electron chi connectivity index (χ4n) is 0.933. The minimum atomic E-state index is -3.04. The maximum Gasteiger partial charge on any atom is 0.213 e. The molecule has 0 rings (SSSR count). The molecule has 80 valence electrons. The van der Waals surface area contributed by atoms with E-state index in [0.717, 1.165) is 12.8 Å². The average Bonchev–Trinajstić information content (AvgIpc) is 2.03. The molecule has 0 fully saturated rings. The van der Waals surface area contributed by atoms with Crippen molar-refractivity contribution in [3.05, 3.63) is 0 Å². The van der Waals surface area contributed by atoms with Gasteiger partial charge < -0.3 is 0 Å². The normalized spacial score (nSPS) is 12.3. The summed E-state index contributed by atoms with van der Waals surface area (Å²) in [5.41, 5.74) is 0. The fourth-order valence-corrected chi connectivity index (χ4v) is 1.70. The first-order valence-corrected chi connectivity index (χ1v) is 6.53. The number of hydrogen-bond acceptors (Lipinski definition) is 2. The summed E-state index contributed by atoms with van der Waals surface area (Å²) in [7, 11) is -3.04. The predicted molar refractivity (Wildman–Crippen MR) is 56.2 cm³/mol. The Balaban J connectivity index is 3.53. The first kappa shape index (κ1) is 12.9. The Morgan fingerprint density at radius 1 is 1.15 bits per heavy atom. The zero-order valence-corrected chi connectivity index (χ0v) is 9.65. The molecule has 0 bridgehead atoms. The van der Waals surface area contributed by atoms with Crippen molar-refractivity contribution in [2.24, 2.45) is 0 Å². The van der Waals surface area contributed by atoms with E-state index < -0.39 is 10.0 Å². The van der Waals surface area contributed by atoms with Gasteiger partial charge in [-0.25, -0.2) is 13.1 Å². The molecular weight excluding hydrogens is 186 g/mol. The Morgan fingerprint density at radius 3 is 2.23 bits per heavy atom. The summed E-state index contributed by atoms with van der Waals surface area (Å²) in [6, 6.07) is 0. The summed E-state index contributed by atoms with van der Waals surface area (Å²) < 4.78 is 25.1. The lowest BCUT2D eigenvalue weighted by Crippen LogP contribution is -2.31. The molecular formula is C9H21NO2S. The van der Waals surface area contributed by atoms with Crippen molar-refractivity contribution in [2.45, 2.75) is 51.7 Å². The molecule has 0 aromatic heterocycles. The van der Waals surface area contributed by atoms with Crippen LogP contribution in [-0.4, -0.2) is 20.2 Å². The van der Waals surface area contributed by atoms with Crippen LogP contribution in [0.2, 0.25) is 0 Å². The Labute approximate surface area is 82.0 Å². The number of nitrogens with one attached hydrogen (secondary N) is 1. The van der Waals surface area contributed by atoms with Gasteiger partial charge in [-0.3, -0.25) is 0 Å². The van der Waals surface area contributed by atoms with Crippen LogP contribution in [-0.2, 0) is 10.0 Å². The van der Waals surface area contributed by atoms with Crippen LogP contribution < -0.4 is 4.72 Å². The molecule has 0 saturated carbocycles. The van der Waals surface area contributed by atoms with Gasteiger partial charge in [-0.2, -0.15) is 0 Å². The molecule has 4 heteroatoms.